The summed E-state index contributed by atoms with van der Waals surface area (Å²) in [5.41, 5.74) is 4.36. The number of nitriles is 2. The highest BCUT2D eigenvalue weighted by Gasteiger charge is 2.35. The number of fused-ring (bicyclic) bond motifs is 6. The quantitative estimate of drug-likeness (QED) is 0.180. The van der Waals surface area contributed by atoms with Gasteiger partial charge in [0, 0.05) is 27.1 Å². The lowest BCUT2D eigenvalue weighted by Crippen LogP contribution is -2.10. The normalized spacial score (nSPS) is 11.6. The zero-order valence-corrected chi connectivity index (χ0v) is 25.8. The average Bonchev–Trinajstić information content (AvgIpc) is 3.62. The van der Waals surface area contributed by atoms with E-state index in [0.29, 0.717) is 39.2 Å². The molecule has 0 unspecified atom stereocenters. The fourth-order valence-electron chi connectivity index (χ4n) is 7.10. The van der Waals surface area contributed by atoms with Crippen molar-refractivity contribution in [2.45, 2.75) is 13.1 Å². The van der Waals surface area contributed by atoms with Gasteiger partial charge in [0.05, 0.1) is 51.7 Å². The smallest absolute Gasteiger partial charge is 0.309 e. The Balaban J connectivity index is 1.61. The van der Waals surface area contributed by atoms with Crippen molar-refractivity contribution in [3.63, 3.8) is 0 Å². The van der Waals surface area contributed by atoms with Crippen LogP contribution in [0.25, 0.3) is 71.0 Å². The second-order valence-electron chi connectivity index (χ2n) is 11.9. The maximum Gasteiger partial charge on any atom is 0.417 e. The SMILES string of the molecule is [C-]#[N+]c1ccc2c3ccccc3n(-c3cc(-c4c(C)cccc4C(F)(F)F)cc(-n4c5ccccc5c5ccc(C#N)cc54)c3C#N)c2c1. The number of hydrogen-bond donors (Lipinski definition) is 0. The van der Waals surface area contributed by atoms with E-state index in [-0.39, 0.29) is 16.7 Å². The van der Waals surface area contributed by atoms with E-state index in [1.165, 1.54) is 6.07 Å². The number of aryl methyl sites for hydroxylation is 1. The highest BCUT2D eigenvalue weighted by Crippen LogP contribution is 2.44. The highest BCUT2D eigenvalue weighted by molar-refractivity contribution is 6.12. The van der Waals surface area contributed by atoms with Crippen LogP contribution in [0.1, 0.15) is 22.3 Å². The van der Waals surface area contributed by atoms with Gasteiger partial charge in [0.15, 0.2) is 5.69 Å². The molecule has 0 fully saturated rings. The summed E-state index contributed by atoms with van der Waals surface area (Å²) >= 11 is 0. The second kappa shape index (κ2) is 10.9. The summed E-state index contributed by atoms with van der Waals surface area (Å²) < 4.78 is 47.8. The molecule has 5 nitrogen and oxygen atoms in total. The van der Waals surface area contributed by atoms with Crippen LogP contribution in [0.3, 0.4) is 0 Å². The maximum atomic E-state index is 14.7. The van der Waals surface area contributed by atoms with Gasteiger partial charge in [-0.05, 0) is 72.1 Å². The third kappa shape index (κ3) is 4.45. The number of para-hydroxylation sites is 2. The second-order valence-corrected chi connectivity index (χ2v) is 11.9. The number of hydrogen-bond acceptors (Lipinski definition) is 2. The van der Waals surface area contributed by atoms with Gasteiger partial charge < -0.3 is 9.13 Å². The molecular weight excluding hydrogens is 619 g/mol. The Morgan fingerprint density at radius 1 is 0.633 bits per heavy atom. The fourth-order valence-corrected chi connectivity index (χ4v) is 7.10. The van der Waals surface area contributed by atoms with Crippen molar-refractivity contribution < 1.29 is 13.2 Å². The molecule has 0 N–H and O–H groups in total. The summed E-state index contributed by atoms with van der Waals surface area (Å²) in [4.78, 5) is 3.64. The van der Waals surface area contributed by atoms with Gasteiger partial charge in [-0.15, -0.1) is 0 Å². The Labute approximate surface area is 278 Å². The average molecular weight is 642 g/mol. The van der Waals surface area contributed by atoms with Crippen molar-refractivity contribution >= 4 is 49.3 Å². The molecule has 232 valence electrons. The fraction of sp³-hybridized carbons (Fsp3) is 0.0488. The Kier molecular flexibility index (Phi) is 6.56. The van der Waals surface area contributed by atoms with Gasteiger partial charge in [0.1, 0.15) is 11.6 Å². The van der Waals surface area contributed by atoms with E-state index in [9.17, 15) is 23.7 Å². The number of benzene rings is 6. The molecule has 2 aromatic heterocycles. The summed E-state index contributed by atoms with van der Waals surface area (Å²) in [7, 11) is 0. The number of rotatable bonds is 3. The van der Waals surface area contributed by atoms with E-state index >= 15 is 0 Å². The topological polar surface area (TPSA) is 61.8 Å². The minimum absolute atomic E-state index is 0.00286. The van der Waals surface area contributed by atoms with Crippen LogP contribution >= 0.6 is 0 Å². The predicted octanol–water partition coefficient (Wildman–Crippen LogP) is 11.2. The first-order chi connectivity index (χ1) is 23.7. The van der Waals surface area contributed by atoms with Gasteiger partial charge in [-0.2, -0.15) is 23.7 Å². The Bertz CT molecular complexity index is 2660. The van der Waals surface area contributed by atoms with Crippen LogP contribution in [0.2, 0.25) is 0 Å². The van der Waals surface area contributed by atoms with E-state index in [2.05, 4.69) is 17.0 Å². The molecule has 8 aromatic rings. The lowest BCUT2D eigenvalue weighted by molar-refractivity contribution is -0.137. The lowest BCUT2D eigenvalue weighted by Gasteiger charge is -2.21. The summed E-state index contributed by atoms with van der Waals surface area (Å²) in [5, 5.41) is 24.3. The predicted molar refractivity (Wildman–Crippen MR) is 186 cm³/mol. The van der Waals surface area contributed by atoms with Crippen LogP contribution < -0.4 is 0 Å². The molecule has 2 heterocycles. The van der Waals surface area contributed by atoms with Crippen LogP contribution in [-0.4, -0.2) is 9.13 Å². The zero-order valence-electron chi connectivity index (χ0n) is 25.8. The summed E-state index contributed by atoms with van der Waals surface area (Å²) in [6.07, 6.45) is -4.65. The third-order valence-electron chi connectivity index (χ3n) is 9.15. The number of nitrogens with zero attached hydrogens (tertiary/aromatic N) is 5. The number of aromatic nitrogens is 2. The monoisotopic (exact) mass is 641 g/mol. The summed E-state index contributed by atoms with van der Waals surface area (Å²) in [6.45, 7) is 9.35. The Morgan fingerprint density at radius 3 is 1.78 bits per heavy atom. The number of alkyl halides is 3. The van der Waals surface area contributed by atoms with E-state index in [1.54, 1.807) is 49.4 Å². The first kappa shape index (κ1) is 29.6. The van der Waals surface area contributed by atoms with Crippen molar-refractivity contribution in [2.75, 3.05) is 0 Å². The van der Waals surface area contributed by atoms with Crippen molar-refractivity contribution in [2.24, 2.45) is 0 Å². The maximum absolute atomic E-state index is 14.7. The molecule has 0 aliphatic rings. The molecule has 0 radical (unpaired) electrons. The van der Waals surface area contributed by atoms with Crippen molar-refractivity contribution in [3.8, 4) is 34.6 Å². The summed E-state index contributed by atoms with van der Waals surface area (Å²) in [5.74, 6) is 0. The standard InChI is InChI=1S/C41H22F3N5/c1-24-8-7-11-33(41(42,43)44)40(24)26-19-37(48-34-12-5-3-9-28(34)30-16-14-25(22-45)18-36(30)48)32(23-46)38(20-26)49-35-13-6-4-10-29(35)31-17-15-27(47-2)21-39(31)49/h3-21H,1H3. The Hall–Kier alpha value is -6.82. The Morgan fingerprint density at radius 2 is 1.20 bits per heavy atom. The molecule has 49 heavy (non-hydrogen) atoms. The van der Waals surface area contributed by atoms with E-state index in [1.807, 2.05) is 69.8 Å². The van der Waals surface area contributed by atoms with Gasteiger partial charge in [-0.3, -0.25) is 0 Å². The van der Waals surface area contributed by atoms with Crippen molar-refractivity contribution in [1.82, 2.24) is 9.13 Å². The molecule has 0 bridgehead atoms. The van der Waals surface area contributed by atoms with Crippen molar-refractivity contribution in [3.05, 3.63) is 149 Å². The summed E-state index contributed by atoms with van der Waals surface area (Å²) in [6, 6.07) is 37.8. The molecule has 8 heteroatoms. The van der Waals surface area contributed by atoms with Gasteiger partial charge in [0.2, 0.25) is 0 Å². The van der Waals surface area contributed by atoms with Gasteiger partial charge >= 0.3 is 6.18 Å². The van der Waals surface area contributed by atoms with Gasteiger partial charge in [0.25, 0.3) is 0 Å². The molecule has 0 saturated carbocycles. The van der Waals surface area contributed by atoms with Gasteiger partial charge in [-0.25, -0.2) is 4.85 Å². The minimum atomic E-state index is -4.65. The highest BCUT2D eigenvalue weighted by atomic mass is 19.4. The van der Waals surface area contributed by atoms with Crippen LogP contribution in [-0.2, 0) is 6.18 Å². The third-order valence-corrected chi connectivity index (χ3v) is 9.15. The molecule has 0 amide bonds. The van der Waals surface area contributed by atoms with E-state index < -0.39 is 11.7 Å². The first-order valence-electron chi connectivity index (χ1n) is 15.3. The number of halogens is 3. The van der Waals surface area contributed by atoms with Crippen LogP contribution in [0, 0.1) is 36.2 Å². The van der Waals surface area contributed by atoms with Gasteiger partial charge in [-0.1, -0.05) is 66.7 Å². The van der Waals surface area contributed by atoms with Crippen LogP contribution in [0.15, 0.2) is 115 Å². The van der Waals surface area contributed by atoms with E-state index in [0.717, 1.165) is 38.6 Å². The minimum Gasteiger partial charge on any atom is -0.309 e. The molecule has 8 rings (SSSR count). The molecule has 0 spiro atoms. The molecule has 0 aliphatic carbocycles. The molecule has 0 atom stereocenters. The molecule has 6 aromatic carbocycles. The molecule has 0 saturated heterocycles. The van der Waals surface area contributed by atoms with Crippen LogP contribution in [0.4, 0.5) is 18.9 Å². The molecular formula is C41H22F3N5. The van der Waals surface area contributed by atoms with Crippen LogP contribution in [0.5, 0.6) is 0 Å². The lowest BCUT2D eigenvalue weighted by atomic mass is 9.92. The van der Waals surface area contributed by atoms with Crippen molar-refractivity contribution in [1.29, 1.82) is 10.5 Å². The first-order valence-corrected chi connectivity index (χ1v) is 15.3. The van der Waals surface area contributed by atoms with E-state index in [4.69, 9.17) is 6.57 Å². The largest absolute Gasteiger partial charge is 0.417 e. The zero-order chi connectivity index (χ0) is 34.0. The molecule has 0 aliphatic heterocycles.